The maximum absolute atomic E-state index is 5.72. The third-order valence-corrected chi connectivity index (χ3v) is 4.08. The van der Waals surface area contributed by atoms with E-state index in [9.17, 15) is 0 Å². The van der Waals surface area contributed by atoms with Gasteiger partial charge in [-0.05, 0) is 50.5 Å². The number of nitrogens with zero attached hydrogens (tertiary/aromatic N) is 1. The summed E-state index contributed by atoms with van der Waals surface area (Å²) in [5, 5.41) is 3.56. The summed E-state index contributed by atoms with van der Waals surface area (Å²) in [6.45, 7) is 7.04. The molecule has 0 unspecified atom stereocenters. The molecule has 112 valence electrons. The van der Waals surface area contributed by atoms with Crippen molar-refractivity contribution in [3.8, 4) is 0 Å². The molecule has 1 saturated carbocycles. The maximum Gasteiger partial charge on any atom is 0.127 e. The van der Waals surface area contributed by atoms with E-state index in [1.54, 1.807) is 0 Å². The topological polar surface area (TPSA) is 28.4 Å². The van der Waals surface area contributed by atoms with E-state index in [2.05, 4.69) is 54.4 Å². The van der Waals surface area contributed by atoms with Gasteiger partial charge < -0.3 is 14.6 Å². The van der Waals surface area contributed by atoms with Crippen LogP contribution in [0.15, 0.2) is 41.0 Å². The van der Waals surface area contributed by atoms with Crippen molar-refractivity contribution in [2.75, 3.05) is 11.4 Å². The van der Waals surface area contributed by atoms with E-state index < -0.39 is 0 Å². The lowest BCUT2D eigenvalue weighted by Gasteiger charge is -2.23. The second-order valence-corrected chi connectivity index (χ2v) is 5.88. The zero-order chi connectivity index (χ0) is 14.7. The summed E-state index contributed by atoms with van der Waals surface area (Å²) in [5.74, 6) is 1.08. The van der Waals surface area contributed by atoms with Gasteiger partial charge in [0.2, 0.25) is 0 Å². The number of furan rings is 1. The first-order valence-electron chi connectivity index (χ1n) is 7.86. The molecule has 0 aliphatic heterocycles. The fraction of sp³-hybridized carbons (Fsp3) is 0.444. The molecule has 1 N–H and O–H groups in total. The monoisotopic (exact) mass is 284 g/mol. The molecule has 0 bridgehead atoms. The molecule has 3 nitrogen and oxygen atoms in total. The molecular weight excluding hydrogens is 260 g/mol. The van der Waals surface area contributed by atoms with Gasteiger partial charge in [-0.3, -0.25) is 0 Å². The van der Waals surface area contributed by atoms with Crippen molar-refractivity contribution in [1.82, 2.24) is 5.32 Å². The summed E-state index contributed by atoms with van der Waals surface area (Å²) in [5.41, 5.74) is 3.84. The molecule has 3 heteroatoms. The molecule has 1 heterocycles. The summed E-state index contributed by atoms with van der Waals surface area (Å²) >= 11 is 0. The molecule has 3 rings (SSSR count). The van der Waals surface area contributed by atoms with Gasteiger partial charge in [0.1, 0.15) is 5.76 Å². The molecule has 0 spiro atoms. The molecular formula is C18H24N2O. The molecule has 1 fully saturated rings. The standard InChI is InChI=1S/C18H24N2O/c1-3-20(17-6-4-5-14(2)11-17)13-18-15(9-10-21-18)12-19-16-7-8-16/h4-6,9-11,16,19H,3,7-8,12-13H2,1-2H3. The number of aryl methyl sites for hydroxylation is 1. The predicted molar refractivity (Wildman–Crippen MR) is 86.5 cm³/mol. The second kappa shape index (κ2) is 6.35. The van der Waals surface area contributed by atoms with Crippen molar-refractivity contribution in [3.05, 3.63) is 53.5 Å². The Morgan fingerprint density at radius 1 is 1.29 bits per heavy atom. The molecule has 1 aliphatic rings. The Labute approximate surface area is 127 Å². The summed E-state index contributed by atoms with van der Waals surface area (Å²) in [7, 11) is 0. The Kier molecular flexibility index (Phi) is 4.30. The summed E-state index contributed by atoms with van der Waals surface area (Å²) < 4.78 is 5.72. The van der Waals surface area contributed by atoms with Gasteiger partial charge in [-0.2, -0.15) is 0 Å². The van der Waals surface area contributed by atoms with Crippen molar-refractivity contribution in [2.45, 2.75) is 45.8 Å². The van der Waals surface area contributed by atoms with Crippen LogP contribution in [0, 0.1) is 6.92 Å². The van der Waals surface area contributed by atoms with E-state index in [1.165, 1.54) is 29.7 Å². The summed E-state index contributed by atoms with van der Waals surface area (Å²) in [6, 6.07) is 11.5. The first-order chi connectivity index (χ1) is 10.3. The van der Waals surface area contributed by atoms with Crippen molar-refractivity contribution >= 4 is 5.69 Å². The van der Waals surface area contributed by atoms with Crippen LogP contribution >= 0.6 is 0 Å². The van der Waals surface area contributed by atoms with Crippen LogP contribution in [-0.4, -0.2) is 12.6 Å². The quantitative estimate of drug-likeness (QED) is 0.836. The molecule has 21 heavy (non-hydrogen) atoms. The SMILES string of the molecule is CCN(Cc1occc1CNC1CC1)c1cccc(C)c1. The van der Waals surface area contributed by atoms with Crippen LogP contribution in [0.5, 0.6) is 0 Å². The highest BCUT2D eigenvalue weighted by molar-refractivity contribution is 5.48. The Morgan fingerprint density at radius 3 is 2.86 bits per heavy atom. The molecule has 0 amide bonds. The normalized spacial score (nSPS) is 14.4. The van der Waals surface area contributed by atoms with Gasteiger partial charge in [-0.15, -0.1) is 0 Å². The summed E-state index contributed by atoms with van der Waals surface area (Å²) in [6.07, 6.45) is 4.44. The number of anilines is 1. The fourth-order valence-electron chi connectivity index (χ4n) is 2.59. The van der Waals surface area contributed by atoms with Gasteiger partial charge >= 0.3 is 0 Å². The second-order valence-electron chi connectivity index (χ2n) is 5.88. The number of hydrogen-bond acceptors (Lipinski definition) is 3. The minimum absolute atomic E-state index is 0.729. The molecule has 1 aromatic carbocycles. The Balaban J connectivity index is 1.70. The molecule has 2 aromatic rings. The average Bonchev–Trinajstić information content (AvgIpc) is 3.21. The van der Waals surface area contributed by atoms with Crippen molar-refractivity contribution in [2.24, 2.45) is 0 Å². The average molecular weight is 284 g/mol. The van der Waals surface area contributed by atoms with E-state index in [0.717, 1.165) is 31.4 Å². The third-order valence-electron chi connectivity index (χ3n) is 4.08. The van der Waals surface area contributed by atoms with Gasteiger partial charge in [-0.1, -0.05) is 12.1 Å². The van der Waals surface area contributed by atoms with Gasteiger partial charge in [0.25, 0.3) is 0 Å². The van der Waals surface area contributed by atoms with Crippen LogP contribution < -0.4 is 10.2 Å². The number of hydrogen-bond donors (Lipinski definition) is 1. The maximum atomic E-state index is 5.72. The highest BCUT2D eigenvalue weighted by atomic mass is 16.3. The van der Waals surface area contributed by atoms with Gasteiger partial charge in [-0.25, -0.2) is 0 Å². The van der Waals surface area contributed by atoms with E-state index in [0.29, 0.717) is 0 Å². The Bertz CT molecular complexity index is 586. The fourth-order valence-corrected chi connectivity index (χ4v) is 2.59. The Hall–Kier alpha value is -1.74. The molecule has 0 atom stereocenters. The zero-order valence-electron chi connectivity index (χ0n) is 12.9. The Morgan fingerprint density at radius 2 is 2.14 bits per heavy atom. The van der Waals surface area contributed by atoms with Crippen LogP contribution in [0.25, 0.3) is 0 Å². The first kappa shape index (κ1) is 14.2. The van der Waals surface area contributed by atoms with Crippen LogP contribution in [0.2, 0.25) is 0 Å². The lowest BCUT2D eigenvalue weighted by Crippen LogP contribution is -2.23. The van der Waals surface area contributed by atoms with E-state index in [-0.39, 0.29) is 0 Å². The highest BCUT2D eigenvalue weighted by Gasteiger charge is 2.21. The number of benzene rings is 1. The number of rotatable bonds is 7. The largest absolute Gasteiger partial charge is 0.467 e. The van der Waals surface area contributed by atoms with E-state index >= 15 is 0 Å². The van der Waals surface area contributed by atoms with Gasteiger partial charge in [0, 0.05) is 30.4 Å². The van der Waals surface area contributed by atoms with E-state index in [1.807, 2.05) is 6.26 Å². The molecule has 0 radical (unpaired) electrons. The van der Waals surface area contributed by atoms with Crippen LogP contribution in [-0.2, 0) is 13.1 Å². The third kappa shape index (κ3) is 3.67. The van der Waals surface area contributed by atoms with Crippen LogP contribution in [0.1, 0.15) is 36.7 Å². The van der Waals surface area contributed by atoms with Crippen molar-refractivity contribution in [3.63, 3.8) is 0 Å². The van der Waals surface area contributed by atoms with Gasteiger partial charge in [0.15, 0.2) is 0 Å². The lowest BCUT2D eigenvalue weighted by atomic mass is 10.2. The predicted octanol–water partition coefficient (Wildman–Crippen LogP) is 3.87. The molecule has 1 aliphatic carbocycles. The van der Waals surface area contributed by atoms with E-state index in [4.69, 9.17) is 4.42 Å². The minimum atomic E-state index is 0.729. The van der Waals surface area contributed by atoms with Crippen molar-refractivity contribution in [1.29, 1.82) is 0 Å². The smallest absolute Gasteiger partial charge is 0.127 e. The zero-order valence-corrected chi connectivity index (χ0v) is 12.9. The minimum Gasteiger partial charge on any atom is -0.467 e. The number of nitrogens with one attached hydrogen (secondary N) is 1. The highest BCUT2D eigenvalue weighted by Crippen LogP contribution is 2.23. The first-order valence-corrected chi connectivity index (χ1v) is 7.86. The lowest BCUT2D eigenvalue weighted by molar-refractivity contribution is 0.495. The molecule has 0 saturated heterocycles. The van der Waals surface area contributed by atoms with Crippen LogP contribution in [0.3, 0.4) is 0 Å². The summed E-state index contributed by atoms with van der Waals surface area (Å²) in [4.78, 5) is 2.35. The van der Waals surface area contributed by atoms with Gasteiger partial charge in [0.05, 0.1) is 12.8 Å². The van der Waals surface area contributed by atoms with Crippen molar-refractivity contribution < 1.29 is 4.42 Å². The molecule has 1 aromatic heterocycles. The van der Waals surface area contributed by atoms with Crippen LogP contribution in [0.4, 0.5) is 5.69 Å².